The molecule has 0 atom stereocenters. The number of nitrogens with one attached hydrogen (secondary N) is 2. The average molecular weight is 317 g/mol. The molecule has 0 saturated heterocycles. The van der Waals surface area contributed by atoms with Gasteiger partial charge in [-0.15, -0.1) is 4.83 Å². The zero-order valence-electron chi connectivity index (χ0n) is 9.60. The summed E-state index contributed by atoms with van der Waals surface area (Å²) >= 11 is 11.7. The minimum atomic E-state index is -3.79. The lowest BCUT2D eigenvalue weighted by atomic mass is 10.3. The van der Waals surface area contributed by atoms with Gasteiger partial charge in [0.05, 0.1) is 10.0 Å². The summed E-state index contributed by atoms with van der Waals surface area (Å²) in [5, 5.41) is 0.177. The SMILES string of the molecule is O=S(=O)(NNc1ccccc1)c1cccc(Cl)c1Cl. The van der Waals surface area contributed by atoms with Gasteiger partial charge in [-0.25, -0.2) is 8.42 Å². The summed E-state index contributed by atoms with van der Waals surface area (Å²) in [6, 6.07) is 13.3. The molecule has 19 heavy (non-hydrogen) atoms. The Morgan fingerprint density at radius 1 is 0.895 bits per heavy atom. The minimum absolute atomic E-state index is 0.00784. The summed E-state index contributed by atoms with van der Waals surface area (Å²) in [7, 11) is -3.79. The van der Waals surface area contributed by atoms with Gasteiger partial charge in [0.25, 0.3) is 10.0 Å². The lowest BCUT2D eigenvalue weighted by Gasteiger charge is -2.10. The molecule has 0 aromatic heterocycles. The Balaban J connectivity index is 2.22. The molecule has 0 fully saturated rings. The molecule has 0 heterocycles. The van der Waals surface area contributed by atoms with Gasteiger partial charge in [-0.05, 0) is 24.3 Å². The number of hydrogen-bond acceptors (Lipinski definition) is 3. The van der Waals surface area contributed by atoms with Crippen molar-refractivity contribution in [2.45, 2.75) is 4.90 Å². The van der Waals surface area contributed by atoms with E-state index in [9.17, 15) is 8.42 Å². The molecule has 100 valence electrons. The number of rotatable bonds is 4. The molecule has 2 aromatic rings. The van der Waals surface area contributed by atoms with Gasteiger partial charge >= 0.3 is 0 Å². The van der Waals surface area contributed by atoms with Crippen LogP contribution in [-0.4, -0.2) is 8.42 Å². The quantitative estimate of drug-likeness (QED) is 0.851. The third-order valence-corrected chi connectivity index (χ3v) is 4.53. The maximum atomic E-state index is 12.1. The van der Waals surface area contributed by atoms with Crippen molar-refractivity contribution in [1.82, 2.24) is 4.83 Å². The van der Waals surface area contributed by atoms with Crippen LogP contribution in [0.1, 0.15) is 0 Å². The van der Waals surface area contributed by atoms with Crippen LogP contribution in [0.3, 0.4) is 0 Å². The predicted molar refractivity (Wildman–Crippen MR) is 76.8 cm³/mol. The van der Waals surface area contributed by atoms with Gasteiger partial charge in [-0.3, -0.25) is 0 Å². The van der Waals surface area contributed by atoms with E-state index in [-0.39, 0.29) is 14.9 Å². The lowest BCUT2D eigenvalue weighted by molar-refractivity contribution is 0.588. The maximum absolute atomic E-state index is 12.1. The third kappa shape index (κ3) is 3.39. The van der Waals surface area contributed by atoms with E-state index in [1.54, 1.807) is 24.3 Å². The minimum Gasteiger partial charge on any atom is -0.308 e. The van der Waals surface area contributed by atoms with Gasteiger partial charge in [0.2, 0.25) is 0 Å². The fourth-order valence-electron chi connectivity index (χ4n) is 1.39. The summed E-state index contributed by atoms with van der Waals surface area (Å²) < 4.78 is 24.1. The van der Waals surface area contributed by atoms with E-state index in [0.29, 0.717) is 5.69 Å². The van der Waals surface area contributed by atoms with E-state index < -0.39 is 10.0 Å². The van der Waals surface area contributed by atoms with Crippen LogP contribution < -0.4 is 10.3 Å². The molecule has 0 bridgehead atoms. The molecule has 0 radical (unpaired) electrons. The van der Waals surface area contributed by atoms with Gasteiger partial charge < -0.3 is 5.43 Å². The first-order valence-corrected chi connectivity index (χ1v) is 7.51. The van der Waals surface area contributed by atoms with Gasteiger partial charge in [0, 0.05) is 5.69 Å². The first-order valence-electron chi connectivity index (χ1n) is 5.27. The molecular formula is C12H10Cl2N2O2S. The van der Waals surface area contributed by atoms with Crippen molar-refractivity contribution >= 4 is 38.9 Å². The van der Waals surface area contributed by atoms with Crippen molar-refractivity contribution in [3.05, 3.63) is 58.6 Å². The van der Waals surface area contributed by atoms with E-state index >= 15 is 0 Å². The zero-order chi connectivity index (χ0) is 13.9. The fourth-order valence-corrected chi connectivity index (χ4v) is 3.02. The summed E-state index contributed by atoms with van der Waals surface area (Å²) in [6.07, 6.45) is 0. The molecule has 0 unspecified atom stereocenters. The topological polar surface area (TPSA) is 58.2 Å². The van der Waals surface area contributed by atoms with Gasteiger partial charge in [0.1, 0.15) is 4.90 Å². The van der Waals surface area contributed by atoms with E-state index in [0.717, 1.165) is 0 Å². The van der Waals surface area contributed by atoms with Crippen LogP contribution in [0.15, 0.2) is 53.4 Å². The molecule has 7 heteroatoms. The van der Waals surface area contributed by atoms with E-state index in [1.807, 2.05) is 6.07 Å². The predicted octanol–water partition coefficient (Wildman–Crippen LogP) is 3.30. The van der Waals surface area contributed by atoms with Crippen LogP contribution in [0.2, 0.25) is 10.0 Å². The molecule has 0 spiro atoms. The first-order chi connectivity index (χ1) is 9.00. The summed E-state index contributed by atoms with van der Waals surface area (Å²) in [6.45, 7) is 0. The number of para-hydroxylation sites is 1. The maximum Gasteiger partial charge on any atom is 0.258 e. The van der Waals surface area contributed by atoms with Crippen LogP contribution in [-0.2, 0) is 10.0 Å². The van der Waals surface area contributed by atoms with Crippen molar-refractivity contribution in [1.29, 1.82) is 0 Å². The third-order valence-electron chi connectivity index (χ3n) is 2.31. The highest BCUT2D eigenvalue weighted by Gasteiger charge is 2.19. The Kier molecular flexibility index (Phi) is 4.31. The van der Waals surface area contributed by atoms with Gasteiger partial charge in [0.15, 0.2) is 0 Å². The van der Waals surface area contributed by atoms with E-state index in [2.05, 4.69) is 10.3 Å². The summed E-state index contributed by atoms with van der Waals surface area (Å²) in [4.78, 5) is 2.16. The summed E-state index contributed by atoms with van der Waals surface area (Å²) in [5.41, 5.74) is 3.21. The molecule has 0 aliphatic heterocycles. The zero-order valence-corrected chi connectivity index (χ0v) is 11.9. The van der Waals surface area contributed by atoms with E-state index in [4.69, 9.17) is 23.2 Å². The number of anilines is 1. The van der Waals surface area contributed by atoms with E-state index in [1.165, 1.54) is 18.2 Å². The Labute approximate surface area is 121 Å². The average Bonchev–Trinajstić information content (AvgIpc) is 2.41. The molecule has 2 aromatic carbocycles. The van der Waals surface area contributed by atoms with Crippen molar-refractivity contribution in [3.8, 4) is 0 Å². The Hall–Kier alpha value is -1.27. The molecule has 2 rings (SSSR count). The molecule has 0 amide bonds. The van der Waals surface area contributed by atoms with Crippen LogP contribution in [0, 0.1) is 0 Å². The van der Waals surface area contributed by atoms with Crippen LogP contribution >= 0.6 is 23.2 Å². The number of halogens is 2. The highest BCUT2D eigenvalue weighted by atomic mass is 35.5. The fraction of sp³-hybridized carbons (Fsp3) is 0. The van der Waals surface area contributed by atoms with Crippen LogP contribution in [0.25, 0.3) is 0 Å². The summed E-state index contributed by atoms with van der Waals surface area (Å²) in [5.74, 6) is 0. The van der Waals surface area contributed by atoms with Crippen molar-refractivity contribution in [3.63, 3.8) is 0 Å². The number of hydrazine groups is 1. The molecular weight excluding hydrogens is 307 g/mol. The lowest BCUT2D eigenvalue weighted by Crippen LogP contribution is -2.29. The molecule has 0 aliphatic rings. The Morgan fingerprint density at radius 3 is 2.26 bits per heavy atom. The van der Waals surface area contributed by atoms with Gasteiger partial charge in [-0.1, -0.05) is 47.5 Å². The molecule has 4 nitrogen and oxygen atoms in total. The number of sulfonamides is 1. The Morgan fingerprint density at radius 2 is 1.58 bits per heavy atom. The number of hydrogen-bond donors (Lipinski definition) is 2. The molecule has 0 aliphatic carbocycles. The second kappa shape index (κ2) is 5.79. The highest BCUT2D eigenvalue weighted by Crippen LogP contribution is 2.28. The van der Waals surface area contributed by atoms with Crippen molar-refractivity contribution in [2.75, 3.05) is 5.43 Å². The molecule has 2 N–H and O–H groups in total. The van der Waals surface area contributed by atoms with Crippen LogP contribution in [0.4, 0.5) is 5.69 Å². The highest BCUT2D eigenvalue weighted by molar-refractivity contribution is 7.89. The smallest absolute Gasteiger partial charge is 0.258 e. The van der Waals surface area contributed by atoms with Crippen molar-refractivity contribution < 1.29 is 8.42 Å². The second-order valence-electron chi connectivity index (χ2n) is 3.65. The standard InChI is InChI=1S/C12H10Cl2N2O2S/c13-10-7-4-8-11(12(10)14)19(17,18)16-15-9-5-2-1-3-6-9/h1-8,15-16H. The second-order valence-corrected chi connectivity index (χ2v) is 6.08. The first kappa shape index (κ1) is 14.1. The largest absolute Gasteiger partial charge is 0.308 e. The van der Waals surface area contributed by atoms with Crippen LogP contribution in [0.5, 0.6) is 0 Å². The van der Waals surface area contributed by atoms with Crippen molar-refractivity contribution in [2.24, 2.45) is 0 Å². The molecule has 0 saturated carbocycles. The Bertz CT molecular complexity index is 675. The monoisotopic (exact) mass is 316 g/mol. The number of benzene rings is 2. The normalized spacial score (nSPS) is 11.3. The van der Waals surface area contributed by atoms with Gasteiger partial charge in [-0.2, -0.15) is 0 Å².